The summed E-state index contributed by atoms with van der Waals surface area (Å²) in [6.45, 7) is 0.950. The van der Waals surface area contributed by atoms with Gasteiger partial charge in [0.25, 0.3) is 0 Å². The third kappa shape index (κ3) is 3.14. The zero-order chi connectivity index (χ0) is 16.4. The molecule has 118 valence electrons. The van der Waals surface area contributed by atoms with Crippen molar-refractivity contribution in [1.82, 2.24) is 4.90 Å². The minimum atomic E-state index is -0.0615. The van der Waals surface area contributed by atoms with Crippen molar-refractivity contribution in [3.8, 4) is 0 Å². The number of carbonyl (C=O) groups is 2. The Morgan fingerprint density at radius 1 is 1.26 bits per heavy atom. The normalized spacial score (nSPS) is 13.7. The second-order valence-electron chi connectivity index (χ2n) is 5.46. The zero-order valence-electron chi connectivity index (χ0n) is 12.6. The van der Waals surface area contributed by atoms with Gasteiger partial charge >= 0.3 is 6.03 Å². The number of anilines is 2. The Labute approximate surface area is 139 Å². The maximum Gasteiger partial charge on any atom is 0.324 e. The van der Waals surface area contributed by atoms with Crippen molar-refractivity contribution in [1.29, 1.82) is 0 Å². The zero-order valence-corrected chi connectivity index (χ0v) is 13.4. The van der Waals surface area contributed by atoms with E-state index in [0.29, 0.717) is 30.2 Å². The number of fused-ring (bicyclic) bond motifs is 1. The van der Waals surface area contributed by atoms with E-state index in [1.165, 1.54) is 0 Å². The van der Waals surface area contributed by atoms with Gasteiger partial charge in [-0.1, -0.05) is 23.7 Å². The minimum Gasteiger partial charge on any atom is -0.329 e. The van der Waals surface area contributed by atoms with Gasteiger partial charge in [-0.2, -0.15) is 0 Å². The summed E-state index contributed by atoms with van der Waals surface area (Å²) in [6.07, 6.45) is 0.642. The van der Waals surface area contributed by atoms with Crippen molar-refractivity contribution in [2.75, 3.05) is 17.3 Å². The first-order valence-electron chi connectivity index (χ1n) is 7.18. The summed E-state index contributed by atoms with van der Waals surface area (Å²) in [5, 5.41) is 3.28. The van der Waals surface area contributed by atoms with Gasteiger partial charge in [-0.15, -0.1) is 0 Å². The molecule has 5 nitrogen and oxygen atoms in total. The van der Waals surface area contributed by atoms with Gasteiger partial charge in [-0.05, 0) is 41.5 Å². The fraction of sp³-hybridized carbons (Fsp3) is 0.176. The molecule has 0 bridgehead atoms. The Morgan fingerprint density at radius 3 is 2.83 bits per heavy atom. The van der Waals surface area contributed by atoms with Gasteiger partial charge in [0.2, 0.25) is 6.41 Å². The van der Waals surface area contributed by atoms with E-state index in [-0.39, 0.29) is 6.03 Å². The van der Waals surface area contributed by atoms with Gasteiger partial charge in [-0.3, -0.25) is 9.69 Å². The van der Waals surface area contributed by atoms with Crippen LogP contribution in [-0.2, 0) is 17.9 Å². The van der Waals surface area contributed by atoms with Gasteiger partial charge in [-0.25, -0.2) is 4.79 Å². The highest BCUT2D eigenvalue weighted by molar-refractivity contribution is 6.30. The summed E-state index contributed by atoms with van der Waals surface area (Å²) < 4.78 is 0. The van der Waals surface area contributed by atoms with Crippen LogP contribution in [-0.4, -0.2) is 24.4 Å². The molecule has 1 aliphatic heterocycles. The largest absolute Gasteiger partial charge is 0.329 e. The summed E-state index contributed by atoms with van der Waals surface area (Å²) in [5.41, 5.74) is 3.51. The molecule has 0 radical (unpaired) electrons. The predicted molar refractivity (Wildman–Crippen MR) is 90.6 cm³/mol. The molecule has 2 aromatic carbocycles. The molecule has 1 heterocycles. The second-order valence-corrected chi connectivity index (χ2v) is 5.90. The van der Waals surface area contributed by atoms with E-state index in [1.54, 1.807) is 29.0 Å². The van der Waals surface area contributed by atoms with E-state index in [0.717, 1.165) is 16.8 Å². The number of rotatable bonds is 4. The minimum absolute atomic E-state index is 0.0615. The van der Waals surface area contributed by atoms with E-state index >= 15 is 0 Å². The molecular formula is C17H16ClN3O2. The van der Waals surface area contributed by atoms with Crippen LogP contribution in [0.25, 0.3) is 0 Å². The van der Waals surface area contributed by atoms with Crippen LogP contribution in [0.4, 0.5) is 16.2 Å². The molecule has 0 aromatic heterocycles. The maximum atomic E-state index is 12.5. The van der Waals surface area contributed by atoms with E-state index < -0.39 is 0 Å². The number of urea groups is 1. The quantitative estimate of drug-likeness (QED) is 0.873. The average molecular weight is 330 g/mol. The molecule has 0 fully saturated rings. The maximum absolute atomic E-state index is 12.5. The fourth-order valence-corrected chi connectivity index (χ4v) is 2.95. The second kappa shape index (κ2) is 6.30. The van der Waals surface area contributed by atoms with Crippen molar-refractivity contribution in [2.45, 2.75) is 13.1 Å². The summed E-state index contributed by atoms with van der Waals surface area (Å²) in [6, 6.07) is 12.9. The molecule has 0 spiro atoms. The first kappa shape index (κ1) is 15.4. The van der Waals surface area contributed by atoms with E-state index in [1.807, 2.05) is 30.3 Å². The molecule has 1 N–H and O–H groups in total. The van der Waals surface area contributed by atoms with Crippen molar-refractivity contribution < 1.29 is 9.59 Å². The summed E-state index contributed by atoms with van der Waals surface area (Å²) in [7, 11) is 1.76. The standard InChI is InChI=1S/C17H16ClN3O2/c1-20-10-13-8-15(19-11-22)5-6-16(13)21(17(20)23)9-12-3-2-4-14(18)7-12/h2-8,11H,9-10H2,1H3,(H,19,22). The first-order chi connectivity index (χ1) is 11.1. The smallest absolute Gasteiger partial charge is 0.324 e. The molecule has 2 aromatic rings. The summed E-state index contributed by atoms with van der Waals surface area (Å²) in [4.78, 5) is 26.5. The molecule has 0 unspecified atom stereocenters. The third-order valence-corrected chi connectivity index (χ3v) is 4.03. The Kier molecular flexibility index (Phi) is 4.21. The van der Waals surface area contributed by atoms with E-state index in [4.69, 9.17) is 11.6 Å². The average Bonchev–Trinajstić information content (AvgIpc) is 2.52. The van der Waals surface area contributed by atoms with Gasteiger partial charge in [0.05, 0.1) is 12.2 Å². The predicted octanol–water partition coefficient (Wildman–Crippen LogP) is 3.48. The number of nitrogens with one attached hydrogen (secondary N) is 1. The van der Waals surface area contributed by atoms with Crippen LogP contribution in [0.3, 0.4) is 0 Å². The van der Waals surface area contributed by atoms with Crippen molar-refractivity contribution in [3.05, 3.63) is 58.6 Å². The van der Waals surface area contributed by atoms with Crippen LogP contribution in [0.2, 0.25) is 5.02 Å². The number of amides is 3. The molecule has 0 atom stereocenters. The van der Waals surface area contributed by atoms with E-state index in [9.17, 15) is 9.59 Å². The van der Waals surface area contributed by atoms with Crippen molar-refractivity contribution in [3.63, 3.8) is 0 Å². The lowest BCUT2D eigenvalue weighted by molar-refractivity contribution is -0.105. The molecular weight excluding hydrogens is 314 g/mol. The molecule has 0 saturated carbocycles. The SMILES string of the molecule is CN1Cc2cc(NC=O)ccc2N(Cc2cccc(Cl)c2)C1=O. The van der Waals surface area contributed by atoms with Crippen LogP contribution in [0.15, 0.2) is 42.5 Å². The molecule has 3 rings (SSSR count). The number of hydrogen-bond acceptors (Lipinski definition) is 2. The summed E-state index contributed by atoms with van der Waals surface area (Å²) in [5.74, 6) is 0. The van der Waals surface area contributed by atoms with Crippen LogP contribution in [0.5, 0.6) is 0 Å². The number of benzene rings is 2. The summed E-state index contributed by atoms with van der Waals surface area (Å²) >= 11 is 6.03. The lowest BCUT2D eigenvalue weighted by Crippen LogP contribution is -2.44. The highest BCUT2D eigenvalue weighted by atomic mass is 35.5. The number of nitrogens with zero attached hydrogens (tertiary/aromatic N) is 2. The topological polar surface area (TPSA) is 52.7 Å². The Balaban J connectivity index is 1.96. The van der Waals surface area contributed by atoms with Crippen LogP contribution in [0.1, 0.15) is 11.1 Å². The number of halogens is 1. The van der Waals surface area contributed by atoms with Gasteiger partial charge in [0.15, 0.2) is 0 Å². The van der Waals surface area contributed by atoms with Crippen LogP contribution >= 0.6 is 11.6 Å². The highest BCUT2D eigenvalue weighted by Crippen LogP contribution is 2.31. The lowest BCUT2D eigenvalue weighted by atomic mass is 10.1. The Bertz CT molecular complexity index is 763. The Morgan fingerprint density at radius 2 is 2.09 bits per heavy atom. The Hall–Kier alpha value is -2.53. The number of carbonyl (C=O) groups excluding carboxylic acids is 2. The molecule has 1 aliphatic rings. The lowest BCUT2D eigenvalue weighted by Gasteiger charge is -2.35. The fourth-order valence-electron chi connectivity index (χ4n) is 2.74. The highest BCUT2D eigenvalue weighted by Gasteiger charge is 2.28. The first-order valence-corrected chi connectivity index (χ1v) is 7.56. The van der Waals surface area contributed by atoms with Gasteiger partial charge in [0, 0.05) is 24.3 Å². The molecule has 0 saturated heterocycles. The molecule has 3 amide bonds. The van der Waals surface area contributed by atoms with Crippen molar-refractivity contribution >= 4 is 35.4 Å². The number of hydrogen-bond donors (Lipinski definition) is 1. The van der Waals surface area contributed by atoms with Crippen LogP contribution in [0, 0.1) is 0 Å². The molecule has 6 heteroatoms. The molecule has 0 aliphatic carbocycles. The van der Waals surface area contributed by atoms with Gasteiger partial charge < -0.3 is 10.2 Å². The van der Waals surface area contributed by atoms with E-state index in [2.05, 4.69) is 5.32 Å². The monoisotopic (exact) mass is 329 g/mol. The third-order valence-electron chi connectivity index (χ3n) is 3.79. The van der Waals surface area contributed by atoms with Gasteiger partial charge in [0.1, 0.15) is 0 Å². The van der Waals surface area contributed by atoms with Crippen molar-refractivity contribution in [2.24, 2.45) is 0 Å². The molecule has 23 heavy (non-hydrogen) atoms. The van der Waals surface area contributed by atoms with Crippen LogP contribution < -0.4 is 10.2 Å².